The van der Waals surface area contributed by atoms with E-state index < -0.39 is 10.0 Å². The van der Waals surface area contributed by atoms with Crippen LogP contribution in [0, 0.1) is 13.8 Å². The second kappa shape index (κ2) is 5.70. The minimum Gasteiger partial charge on any atom is -0.267 e. The lowest BCUT2D eigenvalue weighted by Crippen LogP contribution is -2.18. The summed E-state index contributed by atoms with van der Waals surface area (Å²) < 4.78 is 24.6. The molecule has 0 aliphatic heterocycles. The van der Waals surface area contributed by atoms with E-state index in [4.69, 9.17) is 5.14 Å². The molecule has 0 radical (unpaired) electrons. The Morgan fingerprint density at radius 3 is 2.50 bits per heavy atom. The number of primary sulfonamides is 1. The van der Waals surface area contributed by atoms with Crippen LogP contribution in [0.1, 0.15) is 11.3 Å². The molecule has 0 saturated heterocycles. The van der Waals surface area contributed by atoms with Crippen molar-refractivity contribution < 1.29 is 8.42 Å². The highest BCUT2D eigenvalue weighted by Gasteiger charge is 2.16. The number of pyridine rings is 1. The van der Waals surface area contributed by atoms with Gasteiger partial charge in [-0.25, -0.2) is 23.5 Å². The molecule has 3 heterocycles. The molecule has 0 fully saturated rings. The Kier molecular flexibility index (Phi) is 3.69. The largest absolute Gasteiger partial charge is 0.275 e. The van der Waals surface area contributed by atoms with Gasteiger partial charge in [-0.05, 0) is 49.7 Å². The summed E-state index contributed by atoms with van der Waals surface area (Å²) in [5.74, 6) is 0. The molecule has 0 amide bonds. The summed E-state index contributed by atoms with van der Waals surface area (Å²) >= 11 is 1.31. The Morgan fingerprint density at radius 2 is 1.85 bits per heavy atom. The van der Waals surface area contributed by atoms with E-state index in [1.54, 1.807) is 0 Å². The zero-order valence-electron chi connectivity index (χ0n) is 13.9. The lowest BCUT2D eigenvalue weighted by molar-refractivity contribution is 0.598. The molecule has 0 saturated carbocycles. The van der Waals surface area contributed by atoms with Crippen molar-refractivity contribution in [3.05, 3.63) is 58.3 Å². The molecule has 0 bridgehead atoms. The molecule has 4 rings (SSSR count). The third kappa shape index (κ3) is 2.61. The summed E-state index contributed by atoms with van der Waals surface area (Å²) in [5.41, 5.74) is 2.84. The van der Waals surface area contributed by atoms with Crippen molar-refractivity contribution >= 4 is 41.8 Å². The van der Waals surface area contributed by atoms with Gasteiger partial charge in [0.15, 0.2) is 0 Å². The number of aryl methyl sites for hydroxylation is 2. The minimum absolute atomic E-state index is 0.0134. The fourth-order valence-electron chi connectivity index (χ4n) is 2.95. The number of sulfonamides is 1. The van der Waals surface area contributed by atoms with E-state index in [-0.39, 0.29) is 10.5 Å². The highest BCUT2D eigenvalue weighted by atomic mass is 32.2. The van der Waals surface area contributed by atoms with Crippen LogP contribution in [-0.4, -0.2) is 23.0 Å². The monoisotopic (exact) mass is 386 g/mol. The maximum absolute atomic E-state index is 12.9. The van der Waals surface area contributed by atoms with Gasteiger partial charge < -0.3 is 0 Å². The molecule has 0 spiro atoms. The van der Waals surface area contributed by atoms with Gasteiger partial charge in [0.2, 0.25) is 10.0 Å². The highest BCUT2D eigenvalue weighted by Crippen LogP contribution is 2.31. The summed E-state index contributed by atoms with van der Waals surface area (Å²) in [5, 5.41) is 6.00. The minimum atomic E-state index is -3.78. The Hall–Kier alpha value is -2.62. The molecule has 2 N–H and O–H groups in total. The van der Waals surface area contributed by atoms with E-state index in [9.17, 15) is 13.2 Å². The van der Waals surface area contributed by atoms with Gasteiger partial charge in [-0.1, -0.05) is 0 Å². The third-order valence-corrected chi connectivity index (χ3v) is 6.11. The standard InChI is InChI=1S/C17H14N4O3S2/c1-9-7-10(2)20-16-13(9)14-15(25-16)17(22)21(8-19-14)11-3-5-12(6-4-11)26(18,23)24/h3-8H,1-2H3,(H2,18,23,24). The molecule has 4 aromatic rings. The molecule has 1 aromatic carbocycles. The first-order chi connectivity index (χ1) is 12.3. The molecule has 3 aromatic heterocycles. The molecule has 0 aliphatic rings. The second-order valence-corrected chi connectivity index (χ2v) is 8.56. The summed E-state index contributed by atoms with van der Waals surface area (Å²) in [6.45, 7) is 3.89. The number of aromatic nitrogens is 3. The number of benzene rings is 1. The Morgan fingerprint density at radius 1 is 1.15 bits per heavy atom. The van der Waals surface area contributed by atoms with Crippen molar-refractivity contribution in [3.8, 4) is 5.69 Å². The van der Waals surface area contributed by atoms with Crippen LogP contribution in [0.5, 0.6) is 0 Å². The van der Waals surface area contributed by atoms with Crippen molar-refractivity contribution in [3.63, 3.8) is 0 Å². The molecule has 26 heavy (non-hydrogen) atoms. The van der Waals surface area contributed by atoms with E-state index in [1.165, 1.54) is 46.5 Å². The van der Waals surface area contributed by atoms with Crippen LogP contribution in [0.25, 0.3) is 26.1 Å². The second-order valence-electron chi connectivity index (χ2n) is 6.00. The van der Waals surface area contributed by atoms with Crippen molar-refractivity contribution in [1.29, 1.82) is 0 Å². The van der Waals surface area contributed by atoms with Crippen molar-refractivity contribution in [2.75, 3.05) is 0 Å². The van der Waals surface area contributed by atoms with E-state index in [0.29, 0.717) is 15.9 Å². The van der Waals surface area contributed by atoms with Gasteiger partial charge in [0, 0.05) is 11.1 Å². The number of nitrogens with zero attached hydrogens (tertiary/aromatic N) is 3. The number of nitrogens with two attached hydrogens (primary N) is 1. The molecule has 7 nitrogen and oxygen atoms in total. The van der Waals surface area contributed by atoms with Gasteiger partial charge >= 0.3 is 0 Å². The van der Waals surface area contributed by atoms with Crippen LogP contribution in [0.2, 0.25) is 0 Å². The zero-order valence-corrected chi connectivity index (χ0v) is 15.6. The molecular weight excluding hydrogens is 372 g/mol. The van der Waals surface area contributed by atoms with Crippen LogP contribution >= 0.6 is 11.3 Å². The molecular formula is C17H14N4O3S2. The average molecular weight is 386 g/mol. The predicted octanol–water partition coefficient (Wildman–Crippen LogP) is 2.26. The lowest BCUT2D eigenvalue weighted by Gasteiger charge is -2.06. The predicted molar refractivity (Wildman–Crippen MR) is 101 cm³/mol. The first-order valence-corrected chi connectivity index (χ1v) is 10.0. The topological polar surface area (TPSA) is 108 Å². The van der Waals surface area contributed by atoms with E-state index in [2.05, 4.69) is 9.97 Å². The van der Waals surface area contributed by atoms with Crippen molar-refractivity contribution in [2.24, 2.45) is 5.14 Å². The Labute approximate surface area is 152 Å². The SMILES string of the molecule is Cc1cc(C)c2c(n1)sc1c(=O)n(-c3ccc(S(N)(=O)=O)cc3)cnc12. The van der Waals surface area contributed by atoms with Gasteiger partial charge in [0.1, 0.15) is 15.9 Å². The molecule has 132 valence electrons. The zero-order chi connectivity index (χ0) is 18.6. The maximum atomic E-state index is 12.9. The summed E-state index contributed by atoms with van der Waals surface area (Å²) in [4.78, 5) is 22.7. The van der Waals surface area contributed by atoms with Gasteiger partial charge in [0.05, 0.1) is 16.1 Å². The quantitative estimate of drug-likeness (QED) is 0.568. The van der Waals surface area contributed by atoms with Crippen LogP contribution in [-0.2, 0) is 10.0 Å². The summed E-state index contributed by atoms with van der Waals surface area (Å²) in [6.07, 6.45) is 1.45. The molecule has 0 aliphatic carbocycles. The Balaban J connectivity index is 1.95. The van der Waals surface area contributed by atoms with E-state index in [1.807, 2.05) is 19.9 Å². The number of fused-ring (bicyclic) bond motifs is 3. The average Bonchev–Trinajstić information content (AvgIpc) is 2.94. The third-order valence-electron chi connectivity index (χ3n) is 4.12. The molecule has 0 unspecified atom stereocenters. The normalized spacial score (nSPS) is 12.1. The lowest BCUT2D eigenvalue weighted by atomic mass is 10.1. The van der Waals surface area contributed by atoms with E-state index in [0.717, 1.165) is 21.5 Å². The molecule has 0 atom stereocenters. The van der Waals surface area contributed by atoms with Crippen molar-refractivity contribution in [2.45, 2.75) is 18.7 Å². The van der Waals surface area contributed by atoms with Gasteiger partial charge in [-0.15, -0.1) is 11.3 Å². The highest BCUT2D eigenvalue weighted by molar-refractivity contribution is 7.89. The number of hydrogen-bond acceptors (Lipinski definition) is 6. The first kappa shape index (κ1) is 16.8. The van der Waals surface area contributed by atoms with Gasteiger partial charge in [-0.3, -0.25) is 9.36 Å². The van der Waals surface area contributed by atoms with Crippen LogP contribution in [0.15, 0.2) is 46.3 Å². The van der Waals surface area contributed by atoms with Crippen molar-refractivity contribution in [1.82, 2.24) is 14.5 Å². The molecule has 9 heteroatoms. The number of rotatable bonds is 2. The van der Waals surface area contributed by atoms with Crippen LogP contribution in [0.3, 0.4) is 0 Å². The summed E-state index contributed by atoms with van der Waals surface area (Å²) in [6, 6.07) is 7.74. The van der Waals surface area contributed by atoms with E-state index >= 15 is 0 Å². The van der Waals surface area contributed by atoms with Crippen LogP contribution in [0.4, 0.5) is 0 Å². The smallest absolute Gasteiger partial charge is 0.267 e. The fraction of sp³-hybridized carbons (Fsp3) is 0.118. The van der Waals surface area contributed by atoms with Crippen LogP contribution < -0.4 is 10.7 Å². The van der Waals surface area contributed by atoms with Gasteiger partial charge in [-0.2, -0.15) is 0 Å². The number of hydrogen-bond donors (Lipinski definition) is 1. The first-order valence-electron chi connectivity index (χ1n) is 7.67. The number of thiophene rings is 1. The Bertz CT molecular complexity index is 1340. The summed E-state index contributed by atoms with van der Waals surface area (Å²) in [7, 11) is -3.78. The van der Waals surface area contributed by atoms with Gasteiger partial charge in [0.25, 0.3) is 5.56 Å². The maximum Gasteiger partial charge on any atom is 0.275 e. The fourth-order valence-corrected chi connectivity index (χ4v) is 4.64.